The van der Waals surface area contributed by atoms with Crippen LogP contribution in [0, 0.1) is 6.92 Å². The van der Waals surface area contributed by atoms with Crippen molar-refractivity contribution < 1.29 is 8.83 Å². The quantitative estimate of drug-likeness (QED) is 0.108. The lowest BCUT2D eigenvalue weighted by Crippen LogP contribution is -2.61. The van der Waals surface area contributed by atoms with E-state index in [1.807, 2.05) is 0 Å². The summed E-state index contributed by atoms with van der Waals surface area (Å²) in [5.74, 6) is 0.421. The molecule has 1 atom stereocenters. The molecule has 8 aromatic carbocycles. The average molecular weight is 1060 g/mol. The number of nitrogens with zero attached hydrogens (tertiary/aromatic N) is 2. The second kappa shape index (κ2) is 20.2. The van der Waals surface area contributed by atoms with Crippen LogP contribution < -0.4 is 26.2 Å². The van der Waals surface area contributed by atoms with Crippen LogP contribution in [-0.4, -0.2) is 6.71 Å². The van der Waals surface area contributed by atoms with Crippen molar-refractivity contribution in [1.82, 2.24) is 0 Å². The molecule has 408 valence electrons. The maximum atomic E-state index is 7.05. The molecule has 0 aliphatic carbocycles. The third kappa shape index (κ3) is 9.25. The molecule has 12 rings (SSSR count). The molecular formula is C75H83BN2O2. The predicted molar refractivity (Wildman–Crippen MR) is 346 cm³/mol. The normalized spacial score (nSPS) is 13.9. The van der Waals surface area contributed by atoms with Crippen LogP contribution >= 0.6 is 0 Å². The number of aryl methyl sites for hydroxylation is 3. The second-order valence-corrected chi connectivity index (χ2v) is 27.1. The molecule has 5 heteroatoms. The fraction of sp³-hybridized carbons (Fsp3) is 0.360. The Balaban J connectivity index is 1.25. The first kappa shape index (κ1) is 53.7. The number of hydrogen-bond donors (Lipinski definition) is 0. The van der Waals surface area contributed by atoms with Crippen molar-refractivity contribution in [2.75, 3.05) is 9.80 Å². The first-order valence-corrected chi connectivity index (χ1v) is 30.4. The molecule has 0 saturated carbocycles. The Hall–Kier alpha value is -6.98. The molecular weight excluding hydrogens is 972 g/mol. The van der Waals surface area contributed by atoms with E-state index in [4.69, 9.17) is 8.83 Å². The molecule has 2 aromatic heterocycles. The van der Waals surface area contributed by atoms with Crippen LogP contribution in [0.1, 0.15) is 180 Å². The third-order valence-corrected chi connectivity index (χ3v) is 18.0. The SMILES string of the molecule is CCCCc1cc(C(C)CCCC)cc(N2c3cc(C)cc4c3B(c3ccc5oc6ccc(CCCC)cc6c5c32)c2ccc3oc5ccc(C(C)(C)C)cc5c3c2N4c2cc(C(C)(C)C)ccc2-c2ccc(C(C)(C)C)cc2)c1. The number of hydrogen-bond acceptors (Lipinski definition) is 4. The molecule has 4 heterocycles. The highest BCUT2D eigenvalue weighted by molar-refractivity contribution is 7.01. The topological polar surface area (TPSA) is 32.8 Å². The summed E-state index contributed by atoms with van der Waals surface area (Å²) in [7, 11) is 0. The summed E-state index contributed by atoms with van der Waals surface area (Å²) in [5, 5.41) is 4.68. The number of fused-ring (bicyclic) bond motifs is 12. The van der Waals surface area contributed by atoms with Crippen LogP contribution in [0.4, 0.5) is 34.1 Å². The highest BCUT2D eigenvalue weighted by atomic mass is 16.3. The van der Waals surface area contributed by atoms with Gasteiger partial charge >= 0.3 is 0 Å². The van der Waals surface area contributed by atoms with Gasteiger partial charge in [0.05, 0.1) is 27.8 Å². The summed E-state index contributed by atoms with van der Waals surface area (Å²) < 4.78 is 14.1. The fourth-order valence-electron chi connectivity index (χ4n) is 13.3. The smallest absolute Gasteiger partial charge is 0.252 e. The number of anilines is 6. The summed E-state index contributed by atoms with van der Waals surface area (Å²) in [6.07, 6.45) is 10.3. The molecule has 4 nitrogen and oxygen atoms in total. The van der Waals surface area contributed by atoms with E-state index in [0.717, 1.165) is 78.1 Å². The zero-order valence-corrected chi connectivity index (χ0v) is 50.4. The van der Waals surface area contributed by atoms with E-state index in [-0.39, 0.29) is 23.0 Å². The Morgan fingerprint density at radius 1 is 0.475 bits per heavy atom. The van der Waals surface area contributed by atoms with E-state index in [2.05, 4.69) is 240 Å². The van der Waals surface area contributed by atoms with Crippen molar-refractivity contribution in [2.45, 2.75) is 177 Å². The minimum Gasteiger partial charge on any atom is -0.456 e. The molecule has 0 N–H and O–H groups in total. The average Bonchev–Trinajstić information content (AvgIpc) is 3.97. The second-order valence-electron chi connectivity index (χ2n) is 27.1. The van der Waals surface area contributed by atoms with Gasteiger partial charge in [-0.1, -0.05) is 182 Å². The van der Waals surface area contributed by atoms with Crippen LogP contribution in [0.2, 0.25) is 0 Å². The first-order chi connectivity index (χ1) is 38.2. The van der Waals surface area contributed by atoms with Gasteiger partial charge in [-0.2, -0.15) is 0 Å². The van der Waals surface area contributed by atoms with Gasteiger partial charge in [-0.05, 0) is 189 Å². The monoisotopic (exact) mass is 1050 g/mol. The van der Waals surface area contributed by atoms with Gasteiger partial charge in [0.1, 0.15) is 22.3 Å². The Labute approximate surface area is 477 Å². The molecule has 10 aromatic rings. The molecule has 0 fully saturated rings. The highest BCUT2D eigenvalue weighted by Crippen LogP contribution is 2.53. The Morgan fingerprint density at radius 2 is 1.00 bits per heavy atom. The van der Waals surface area contributed by atoms with E-state index < -0.39 is 0 Å². The Bertz CT molecular complexity index is 4020. The van der Waals surface area contributed by atoms with Gasteiger partial charge in [0.25, 0.3) is 6.71 Å². The van der Waals surface area contributed by atoms with Crippen molar-refractivity contribution in [3.63, 3.8) is 0 Å². The molecule has 0 spiro atoms. The van der Waals surface area contributed by atoms with Crippen LogP contribution in [0.15, 0.2) is 142 Å². The van der Waals surface area contributed by atoms with Crippen molar-refractivity contribution in [2.24, 2.45) is 0 Å². The molecule has 1 unspecified atom stereocenters. The number of furan rings is 2. The first-order valence-electron chi connectivity index (χ1n) is 30.4. The van der Waals surface area contributed by atoms with Gasteiger partial charge in [-0.15, -0.1) is 0 Å². The molecule has 80 heavy (non-hydrogen) atoms. The van der Waals surface area contributed by atoms with Gasteiger partial charge < -0.3 is 18.6 Å². The fourth-order valence-corrected chi connectivity index (χ4v) is 13.3. The molecule has 0 bridgehead atoms. The molecule has 2 aliphatic rings. The van der Waals surface area contributed by atoms with Crippen molar-refractivity contribution in [1.29, 1.82) is 0 Å². The Kier molecular flexibility index (Phi) is 13.6. The molecule has 0 amide bonds. The van der Waals surface area contributed by atoms with Gasteiger partial charge in [0.15, 0.2) is 0 Å². The van der Waals surface area contributed by atoms with Gasteiger partial charge in [0, 0.05) is 33.4 Å². The van der Waals surface area contributed by atoms with E-state index in [0.29, 0.717) is 5.92 Å². The lowest BCUT2D eigenvalue weighted by molar-refractivity contribution is 0.590. The zero-order valence-electron chi connectivity index (χ0n) is 50.4. The third-order valence-electron chi connectivity index (χ3n) is 18.0. The zero-order chi connectivity index (χ0) is 56.2. The van der Waals surface area contributed by atoms with Crippen LogP contribution in [-0.2, 0) is 29.1 Å². The summed E-state index contributed by atoms with van der Waals surface area (Å²) in [6, 6.07) is 52.6. The molecule has 0 radical (unpaired) electrons. The van der Waals surface area contributed by atoms with Gasteiger partial charge in [0.2, 0.25) is 0 Å². The van der Waals surface area contributed by atoms with E-state index in [9.17, 15) is 0 Å². The van der Waals surface area contributed by atoms with E-state index in [1.54, 1.807) is 0 Å². The largest absolute Gasteiger partial charge is 0.456 e. The van der Waals surface area contributed by atoms with Crippen molar-refractivity contribution in [3.8, 4) is 11.1 Å². The van der Waals surface area contributed by atoms with Crippen LogP contribution in [0.25, 0.3) is 55.0 Å². The predicted octanol–water partition coefficient (Wildman–Crippen LogP) is 20.4. The maximum Gasteiger partial charge on any atom is 0.252 e. The lowest BCUT2D eigenvalue weighted by Gasteiger charge is -2.45. The standard InChI is InChI=1S/C75H83BN2O2/c1-15-18-21-47(5)51-40-49(23-20-17-3)41-55(43-51)77-62-38-46(4)39-63-70(62)76(59-32-36-66-68(71(59)77)57-42-48(22-19-16-2)24-34-64(57)79-66)60-33-37-67-69(58-44-53(74(9,10)11)30-35-65(58)80-67)72(60)78(63)61-45-54(75(12,13)14)29-31-56(61)50-25-27-52(28-26-50)73(6,7)8/h24-45,47H,15-23H2,1-14H3. The van der Waals surface area contributed by atoms with Crippen molar-refractivity contribution in [3.05, 3.63) is 172 Å². The highest BCUT2D eigenvalue weighted by Gasteiger charge is 2.46. The van der Waals surface area contributed by atoms with Gasteiger partial charge in [-0.25, -0.2) is 0 Å². The minimum absolute atomic E-state index is 0.0242. The number of benzene rings is 8. The summed E-state index contributed by atoms with van der Waals surface area (Å²) in [5.41, 5.74) is 26.4. The maximum absolute atomic E-state index is 7.05. The number of unbranched alkanes of at least 4 members (excludes halogenated alkanes) is 3. The Morgan fingerprint density at radius 3 is 1.61 bits per heavy atom. The molecule has 2 aliphatic heterocycles. The van der Waals surface area contributed by atoms with Gasteiger partial charge in [-0.3, -0.25) is 0 Å². The summed E-state index contributed by atoms with van der Waals surface area (Å²) in [6.45, 7) is 32.5. The van der Waals surface area contributed by atoms with Crippen molar-refractivity contribution >= 4 is 101 Å². The number of rotatable bonds is 13. The molecule has 0 saturated heterocycles. The summed E-state index contributed by atoms with van der Waals surface area (Å²) in [4.78, 5) is 5.38. The minimum atomic E-state index is -0.123. The van der Waals surface area contributed by atoms with Crippen LogP contribution in [0.5, 0.6) is 0 Å². The van der Waals surface area contributed by atoms with E-state index >= 15 is 0 Å². The lowest BCUT2D eigenvalue weighted by atomic mass is 9.33. The van der Waals surface area contributed by atoms with Crippen LogP contribution in [0.3, 0.4) is 0 Å². The van der Waals surface area contributed by atoms with E-state index in [1.165, 1.54) is 124 Å². The summed E-state index contributed by atoms with van der Waals surface area (Å²) >= 11 is 0.